The van der Waals surface area contributed by atoms with Crippen LogP contribution in [-0.2, 0) is 16.1 Å². The lowest BCUT2D eigenvalue weighted by Crippen LogP contribution is -2.22. The number of rotatable bonds is 4. The summed E-state index contributed by atoms with van der Waals surface area (Å²) in [5.41, 5.74) is 0.918. The van der Waals surface area contributed by atoms with Crippen molar-refractivity contribution in [2.24, 2.45) is 4.99 Å². The number of carbonyl (C=O) groups excluding carboxylic acids is 2. The monoisotopic (exact) mass is 497 g/mol. The fraction of sp³-hybridized carbons (Fsp3) is 0.118. The second-order valence-electron chi connectivity index (χ2n) is 5.35. The van der Waals surface area contributed by atoms with Gasteiger partial charge in [-0.3, -0.25) is 19.7 Å². The summed E-state index contributed by atoms with van der Waals surface area (Å²) in [5.74, 6) is -0.976. The summed E-state index contributed by atoms with van der Waals surface area (Å²) in [6, 6.07) is 11.3. The van der Waals surface area contributed by atoms with E-state index in [2.05, 4.69) is 4.99 Å². The van der Waals surface area contributed by atoms with Gasteiger partial charge in [0, 0.05) is 15.7 Å². The number of methoxy groups -OCH3 is 1. The number of amides is 1. The first kappa shape index (κ1) is 19.2. The number of fused-ring (bicyclic) bond motifs is 1. The number of aromatic nitrogens is 1. The highest BCUT2D eigenvalue weighted by Crippen LogP contribution is 2.23. The predicted octanol–water partition coefficient (Wildman–Crippen LogP) is 3.13. The van der Waals surface area contributed by atoms with Gasteiger partial charge in [-0.2, -0.15) is 4.99 Å². The lowest BCUT2D eigenvalue weighted by atomic mass is 10.2. The highest BCUT2D eigenvalue weighted by Gasteiger charge is 2.16. The van der Waals surface area contributed by atoms with E-state index in [4.69, 9.17) is 4.74 Å². The number of hydrogen-bond acceptors (Lipinski definition) is 6. The van der Waals surface area contributed by atoms with Crippen molar-refractivity contribution in [3.05, 3.63) is 66.5 Å². The number of esters is 1. The minimum absolute atomic E-state index is 0.0792. The maximum absolute atomic E-state index is 12.6. The van der Waals surface area contributed by atoms with Gasteiger partial charge < -0.3 is 9.30 Å². The van der Waals surface area contributed by atoms with Crippen molar-refractivity contribution in [2.45, 2.75) is 6.54 Å². The molecule has 2 aromatic carbocycles. The molecule has 3 rings (SSSR count). The van der Waals surface area contributed by atoms with Crippen LogP contribution in [0.5, 0.6) is 0 Å². The Morgan fingerprint density at radius 3 is 2.70 bits per heavy atom. The van der Waals surface area contributed by atoms with Gasteiger partial charge in [-0.25, -0.2) is 0 Å². The topological polar surface area (TPSA) is 104 Å². The van der Waals surface area contributed by atoms with E-state index in [0.29, 0.717) is 15.8 Å². The number of ether oxygens (including phenoxy) is 1. The molecular formula is C17H12IN3O5S. The van der Waals surface area contributed by atoms with Gasteiger partial charge in [0.05, 0.1) is 27.8 Å². The molecule has 0 atom stereocenters. The molecule has 1 aromatic heterocycles. The maximum atomic E-state index is 12.6. The summed E-state index contributed by atoms with van der Waals surface area (Å²) in [4.78, 5) is 39.3. The number of nitrogens with zero attached hydrogens (tertiary/aromatic N) is 3. The highest BCUT2D eigenvalue weighted by atomic mass is 127. The normalized spacial score (nSPS) is 11.6. The molecule has 0 bridgehead atoms. The molecule has 27 heavy (non-hydrogen) atoms. The average molecular weight is 497 g/mol. The zero-order chi connectivity index (χ0) is 19.6. The van der Waals surface area contributed by atoms with Crippen LogP contribution >= 0.6 is 33.9 Å². The van der Waals surface area contributed by atoms with Crippen molar-refractivity contribution in [3.63, 3.8) is 0 Å². The van der Waals surface area contributed by atoms with E-state index in [1.54, 1.807) is 18.2 Å². The summed E-state index contributed by atoms with van der Waals surface area (Å²) in [6.07, 6.45) is 0. The first-order chi connectivity index (χ1) is 12.9. The summed E-state index contributed by atoms with van der Waals surface area (Å²) < 4.78 is 7.52. The Labute approximate surface area is 170 Å². The Kier molecular flexibility index (Phi) is 5.65. The summed E-state index contributed by atoms with van der Waals surface area (Å²) >= 11 is 3.14. The molecule has 138 valence electrons. The maximum Gasteiger partial charge on any atom is 0.325 e. The van der Waals surface area contributed by atoms with Gasteiger partial charge >= 0.3 is 5.97 Å². The van der Waals surface area contributed by atoms with Crippen molar-refractivity contribution in [1.29, 1.82) is 0 Å². The van der Waals surface area contributed by atoms with E-state index in [-0.39, 0.29) is 17.0 Å². The van der Waals surface area contributed by atoms with E-state index in [0.717, 1.165) is 14.9 Å². The molecule has 10 heteroatoms. The molecule has 0 aliphatic carbocycles. The predicted molar refractivity (Wildman–Crippen MR) is 108 cm³/mol. The van der Waals surface area contributed by atoms with Crippen molar-refractivity contribution in [2.75, 3.05) is 7.11 Å². The lowest BCUT2D eigenvalue weighted by Gasteiger charge is -2.03. The van der Waals surface area contributed by atoms with Crippen LogP contribution in [0.3, 0.4) is 0 Å². The number of halogens is 1. The van der Waals surface area contributed by atoms with Gasteiger partial charge in [-0.15, -0.1) is 0 Å². The largest absolute Gasteiger partial charge is 0.468 e. The Bertz CT molecular complexity index is 1140. The molecule has 0 saturated heterocycles. The molecule has 0 radical (unpaired) electrons. The van der Waals surface area contributed by atoms with E-state index in [1.807, 2.05) is 28.7 Å². The third-order valence-corrected chi connectivity index (χ3v) is 5.68. The Hall–Kier alpha value is -2.60. The zero-order valence-electron chi connectivity index (χ0n) is 13.9. The lowest BCUT2D eigenvalue weighted by molar-refractivity contribution is -0.384. The number of thiazole rings is 1. The molecule has 0 unspecified atom stereocenters. The van der Waals surface area contributed by atoms with Crippen molar-refractivity contribution < 1.29 is 19.2 Å². The van der Waals surface area contributed by atoms with Gasteiger partial charge in [-0.1, -0.05) is 23.5 Å². The number of benzene rings is 2. The fourth-order valence-electron chi connectivity index (χ4n) is 2.39. The van der Waals surface area contributed by atoms with Crippen LogP contribution in [0, 0.1) is 13.7 Å². The summed E-state index contributed by atoms with van der Waals surface area (Å²) in [7, 11) is 1.26. The summed E-state index contributed by atoms with van der Waals surface area (Å²) in [5, 5.41) is 11.0. The van der Waals surface area contributed by atoms with Crippen LogP contribution in [-0.4, -0.2) is 28.5 Å². The minimum atomic E-state index is -0.517. The first-order valence-electron chi connectivity index (χ1n) is 7.59. The zero-order valence-corrected chi connectivity index (χ0v) is 16.9. The fourth-order valence-corrected chi connectivity index (χ4v) is 4.07. The molecule has 8 nitrogen and oxygen atoms in total. The molecule has 0 fully saturated rings. The van der Waals surface area contributed by atoms with Gasteiger partial charge in [0.1, 0.15) is 6.54 Å². The third-order valence-electron chi connectivity index (χ3n) is 3.69. The smallest absolute Gasteiger partial charge is 0.325 e. The molecular weight excluding hydrogens is 485 g/mol. The Morgan fingerprint density at radius 2 is 2.04 bits per heavy atom. The highest BCUT2D eigenvalue weighted by molar-refractivity contribution is 14.1. The molecule has 0 spiro atoms. The molecule has 0 N–H and O–H groups in total. The van der Waals surface area contributed by atoms with Crippen LogP contribution in [0.4, 0.5) is 5.69 Å². The second-order valence-corrected chi connectivity index (χ2v) is 7.52. The molecule has 0 saturated carbocycles. The number of non-ortho nitro benzene ring substituents is 1. The number of hydrogen-bond donors (Lipinski definition) is 0. The molecule has 0 aliphatic heterocycles. The van der Waals surface area contributed by atoms with Crippen molar-refractivity contribution >= 4 is 61.7 Å². The molecule has 0 aliphatic rings. The van der Waals surface area contributed by atoms with E-state index >= 15 is 0 Å². The number of nitro groups is 1. The SMILES string of the molecule is COC(=O)Cn1c(=NC(=O)c2ccccc2I)sc2cc([N+](=O)[O-])ccc21. The van der Waals surface area contributed by atoms with Crippen LogP contribution in [0.2, 0.25) is 0 Å². The van der Waals surface area contributed by atoms with E-state index in [1.165, 1.54) is 29.9 Å². The summed E-state index contributed by atoms with van der Waals surface area (Å²) in [6.45, 7) is -0.160. The van der Waals surface area contributed by atoms with Gasteiger partial charge in [0.2, 0.25) is 0 Å². The first-order valence-corrected chi connectivity index (χ1v) is 9.48. The van der Waals surface area contributed by atoms with E-state index < -0.39 is 16.8 Å². The van der Waals surface area contributed by atoms with Gasteiger partial charge in [0.25, 0.3) is 11.6 Å². The molecule has 1 amide bonds. The van der Waals surface area contributed by atoms with Crippen molar-refractivity contribution in [3.8, 4) is 0 Å². The van der Waals surface area contributed by atoms with Crippen LogP contribution in [0.25, 0.3) is 10.2 Å². The number of nitro benzene ring substituents is 1. The van der Waals surface area contributed by atoms with E-state index in [9.17, 15) is 19.7 Å². The standard InChI is InChI=1S/C17H12IN3O5S/c1-26-15(22)9-20-13-7-6-10(21(24)25)8-14(13)27-17(20)19-16(23)11-4-2-3-5-12(11)18/h2-8H,9H2,1H3. The van der Waals surface area contributed by atoms with Crippen LogP contribution in [0.15, 0.2) is 47.5 Å². The quantitative estimate of drug-likeness (QED) is 0.239. The molecule has 1 heterocycles. The van der Waals surface area contributed by atoms with Gasteiger partial charge in [0.15, 0.2) is 4.80 Å². The average Bonchev–Trinajstić information content (AvgIpc) is 2.98. The Morgan fingerprint density at radius 1 is 1.30 bits per heavy atom. The minimum Gasteiger partial charge on any atom is -0.468 e. The van der Waals surface area contributed by atoms with Crippen LogP contribution in [0.1, 0.15) is 10.4 Å². The third kappa shape index (κ3) is 4.06. The van der Waals surface area contributed by atoms with Crippen molar-refractivity contribution in [1.82, 2.24) is 4.57 Å². The Balaban J connectivity index is 2.19. The molecule has 3 aromatic rings. The second kappa shape index (κ2) is 7.96. The van der Waals surface area contributed by atoms with Crippen LogP contribution < -0.4 is 4.80 Å². The van der Waals surface area contributed by atoms with Gasteiger partial charge in [-0.05, 0) is 40.8 Å². The number of carbonyl (C=O) groups is 2.